The summed E-state index contributed by atoms with van der Waals surface area (Å²) >= 11 is 0. The molecular weight excluding hydrogens is 384 g/mol. The van der Waals surface area contributed by atoms with E-state index in [0.29, 0.717) is 22.4 Å². The number of amides is 1. The molecule has 1 aliphatic carbocycles. The van der Waals surface area contributed by atoms with Gasteiger partial charge in [-0.1, -0.05) is 24.1 Å². The number of rotatable bonds is 3. The molecule has 1 aliphatic rings. The Kier molecular flexibility index (Phi) is 4.23. The van der Waals surface area contributed by atoms with Crippen molar-refractivity contribution in [2.24, 2.45) is 0 Å². The molecule has 30 heavy (non-hydrogen) atoms. The Labute approximate surface area is 170 Å². The molecule has 1 saturated carbocycles. The number of carbonyl (C=O) groups excluding carboxylic acids is 1. The van der Waals surface area contributed by atoms with Crippen molar-refractivity contribution in [3.05, 3.63) is 63.7 Å². The predicted octanol–water partition coefficient (Wildman–Crippen LogP) is 2.79. The molecule has 9 nitrogen and oxygen atoms in total. The van der Waals surface area contributed by atoms with Crippen LogP contribution in [0, 0.1) is 12.3 Å². The molecule has 4 heterocycles. The monoisotopic (exact) mass is 404 g/mol. The number of nitrogens with one attached hydrogen (secondary N) is 2. The van der Waals surface area contributed by atoms with Crippen LogP contribution < -0.4 is 16.4 Å². The first-order valence-electron chi connectivity index (χ1n) is 9.89. The van der Waals surface area contributed by atoms with Crippen LogP contribution in [0.2, 0.25) is 0 Å². The first-order valence-corrected chi connectivity index (χ1v) is 9.89. The first kappa shape index (κ1) is 18.3. The van der Waals surface area contributed by atoms with Gasteiger partial charge in [0.2, 0.25) is 0 Å². The Morgan fingerprint density at radius 2 is 2.07 bits per heavy atom. The summed E-state index contributed by atoms with van der Waals surface area (Å²) in [6.45, 7) is 1.72. The molecule has 4 aromatic rings. The lowest BCUT2D eigenvalue weighted by Gasteiger charge is -2.19. The Bertz CT molecular complexity index is 1410. The second-order valence-corrected chi connectivity index (χ2v) is 7.57. The summed E-state index contributed by atoms with van der Waals surface area (Å²) in [7, 11) is 0. The third kappa shape index (κ3) is 2.90. The first-order chi connectivity index (χ1) is 14.5. The van der Waals surface area contributed by atoms with Crippen molar-refractivity contribution in [1.82, 2.24) is 19.1 Å². The molecule has 1 amide bonds. The molecule has 0 aromatic carbocycles. The summed E-state index contributed by atoms with van der Waals surface area (Å²) in [6.07, 6.45) is 5.50. The molecule has 4 aromatic heterocycles. The Hall–Kier alpha value is -3.75. The van der Waals surface area contributed by atoms with Crippen LogP contribution in [0.5, 0.6) is 0 Å². The van der Waals surface area contributed by atoms with Crippen molar-refractivity contribution in [1.29, 1.82) is 5.41 Å². The normalized spacial score (nSPS) is 14.6. The molecule has 2 N–H and O–H groups in total. The number of hydrogen-bond donors (Lipinski definition) is 2. The second kappa shape index (κ2) is 6.94. The zero-order valence-corrected chi connectivity index (χ0v) is 16.4. The second-order valence-electron chi connectivity index (χ2n) is 7.57. The van der Waals surface area contributed by atoms with Gasteiger partial charge in [0, 0.05) is 18.3 Å². The molecule has 1 fully saturated rings. The SMILES string of the molecule is Cc1cc(NC(=O)c2cc3c(=O)n4ccccc4nc3n(C3CCCC3)c2=N)no1. The minimum absolute atomic E-state index is 0.0279. The summed E-state index contributed by atoms with van der Waals surface area (Å²) in [5, 5.41) is 15.5. The van der Waals surface area contributed by atoms with Crippen LogP contribution >= 0.6 is 0 Å². The average Bonchev–Trinajstić information content (AvgIpc) is 3.40. The van der Waals surface area contributed by atoms with E-state index in [4.69, 9.17) is 9.93 Å². The van der Waals surface area contributed by atoms with E-state index in [2.05, 4.69) is 15.5 Å². The highest BCUT2D eigenvalue weighted by atomic mass is 16.5. The van der Waals surface area contributed by atoms with Crippen molar-refractivity contribution < 1.29 is 9.32 Å². The molecule has 0 spiro atoms. The molecule has 0 bridgehead atoms. The summed E-state index contributed by atoms with van der Waals surface area (Å²) in [4.78, 5) is 30.8. The van der Waals surface area contributed by atoms with Gasteiger partial charge < -0.3 is 14.4 Å². The predicted molar refractivity (Wildman–Crippen MR) is 110 cm³/mol. The zero-order chi connectivity index (χ0) is 20.8. The smallest absolute Gasteiger partial charge is 0.267 e. The van der Waals surface area contributed by atoms with E-state index in [1.54, 1.807) is 35.9 Å². The van der Waals surface area contributed by atoms with Crippen LogP contribution in [-0.2, 0) is 0 Å². The van der Waals surface area contributed by atoms with Gasteiger partial charge in [-0.3, -0.25) is 19.4 Å². The molecule has 0 aliphatic heterocycles. The number of aryl methyl sites for hydroxylation is 1. The van der Waals surface area contributed by atoms with E-state index < -0.39 is 5.91 Å². The minimum atomic E-state index is -0.514. The van der Waals surface area contributed by atoms with E-state index in [-0.39, 0.29) is 28.5 Å². The fourth-order valence-corrected chi connectivity index (χ4v) is 4.15. The lowest BCUT2D eigenvalue weighted by Crippen LogP contribution is -2.33. The molecule has 0 saturated heterocycles. The zero-order valence-electron chi connectivity index (χ0n) is 16.4. The molecular formula is C21H20N6O3. The van der Waals surface area contributed by atoms with Crippen LogP contribution in [-0.4, -0.2) is 25.0 Å². The standard InChI is InChI=1S/C21H20N6O3/c1-12-10-16(25-30-12)23-20(28)14-11-15-19(27(18(14)22)13-6-2-3-7-13)24-17-8-4-5-9-26(17)21(15)29/h4-5,8-11,13,22H,2-3,6-7H2,1H3,(H,23,25,28). The molecule has 0 radical (unpaired) electrons. The number of anilines is 1. The quantitative estimate of drug-likeness (QED) is 0.509. The molecule has 9 heteroatoms. The van der Waals surface area contributed by atoms with E-state index in [1.807, 2.05) is 6.07 Å². The Morgan fingerprint density at radius 1 is 1.27 bits per heavy atom. The van der Waals surface area contributed by atoms with Gasteiger partial charge >= 0.3 is 0 Å². The van der Waals surface area contributed by atoms with Gasteiger partial charge in [-0.2, -0.15) is 0 Å². The number of aromatic nitrogens is 4. The van der Waals surface area contributed by atoms with E-state index in [0.717, 1.165) is 25.7 Å². The Balaban J connectivity index is 1.77. The number of fused-ring (bicyclic) bond motifs is 2. The molecule has 152 valence electrons. The summed E-state index contributed by atoms with van der Waals surface area (Å²) in [5.41, 5.74) is 0.825. The fraction of sp³-hybridized carbons (Fsp3) is 0.286. The minimum Gasteiger partial charge on any atom is -0.360 e. The van der Waals surface area contributed by atoms with Crippen molar-refractivity contribution in [3.63, 3.8) is 0 Å². The average molecular weight is 404 g/mol. The van der Waals surface area contributed by atoms with Crippen molar-refractivity contribution >= 4 is 28.4 Å². The van der Waals surface area contributed by atoms with Gasteiger partial charge in [0.25, 0.3) is 11.5 Å². The maximum Gasteiger partial charge on any atom is 0.267 e. The topological polar surface area (TPSA) is 118 Å². The third-order valence-electron chi connectivity index (χ3n) is 5.57. The van der Waals surface area contributed by atoms with Gasteiger partial charge in [-0.15, -0.1) is 0 Å². The highest BCUT2D eigenvalue weighted by Gasteiger charge is 2.24. The number of pyridine rings is 2. The van der Waals surface area contributed by atoms with Gasteiger partial charge in [0.15, 0.2) is 5.82 Å². The van der Waals surface area contributed by atoms with Crippen LogP contribution in [0.4, 0.5) is 5.82 Å². The lowest BCUT2D eigenvalue weighted by molar-refractivity contribution is 0.102. The molecule has 5 rings (SSSR count). The number of hydrogen-bond acceptors (Lipinski definition) is 6. The largest absolute Gasteiger partial charge is 0.360 e. The van der Waals surface area contributed by atoms with E-state index in [9.17, 15) is 9.59 Å². The van der Waals surface area contributed by atoms with Gasteiger partial charge in [0.05, 0.1) is 10.9 Å². The molecule has 0 unspecified atom stereocenters. The highest BCUT2D eigenvalue weighted by Crippen LogP contribution is 2.30. The number of carbonyl (C=O) groups is 1. The fourth-order valence-electron chi connectivity index (χ4n) is 4.15. The van der Waals surface area contributed by atoms with Crippen molar-refractivity contribution in [3.8, 4) is 0 Å². The lowest BCUT2D eigenvalue weighted by atomic mass is 10.1. The van der Waals surface area contributed by atoms with Crippen LogP contribution in [0.25, 0.3) is 16.7 Å². The highest BCUT2D eigenvalue weighted by molar-refractivity contribution is 6.05. The number of nitrogens with zero attached hydrogens (tertiary/aromatic N) is 4. The van der Waals surface area contributed by atoms with Gasteiger partial charge in [-0.05, 0) is 38.0 Å². The summed E-state index contributed by atoms with van der Waals surface area (Å²) < 4.78 is 8.20. The molecule has 0 atom stereocenters. The van der Waals surface area contributed by atoms with E-state index >= 15 is 0 Å². The summed E-state index contributed by atoms with van der Waals surface area (Å²) in [6, 6.07) is 8.41. The van der Waals surface area contributed by atoms with Crippen molar-refractivity contribution in [2.45, 2.75) is 38.6 Å². The maximum atomic E-state index is 13.2. The van der Waals surface area contributed by atoms with E-state index in [1.165, 1.54) is 10.5 Å². The van der Waals surface area contributed by atoms with Crippen LogP contribution in [0.1, 0.15) is 47.8 Å². The van der Waals surface area contributed by atoms with Gasteiger partial charge in [-0.25, -0.2) is 4.98 Å². The third-order valence-corrected chi connectivity index (χ3v) is 5.57. The van der Waals surface area contributed by atoms with Crippen LogP contribution in [0.15, 0.2) is 45.8 Å². The van der Waals surface area contributed by atoms with Crippen molar-refractivity contribution in [2.75, 3.05) is 5.32 Å². The maximum absolute atomic E-state index is 13.2. The van der Waals surface area contributed by atoms with Gasteiger partial charge in [0.1, 0.15) is 22.5 Å². The Morgan fingerprint density at radius 3 is 2.80 bits per heavy atom. The van der Waals surface area contributed by atoms with Crippen LogP contribution in [0.3, 0.4) is 0 Å². The summed E-state index contributed by atoms with van der Waals surface area (Å²) in [5.74, 6) is 0.308.